The van der Waals surface area contributed by atoms with Gasteiger partial charge in [-0.05, 0) is 29.2 Å². The van der Waals surface area contributed by atoms with Crippen LogP contribution in [0, 0.1) is 5.41 Å². The monoisotopic (exact) mass is 669 g/mol. The molecule has 3 heterocycles. The average molecular weight is 670 g/mol. The standard InChI is InChI=1S/C36H36ClN5O4S/c1-36(2,3)31(41-35-40-29(21-11-7-5-8-12-21)30(47-35)22-13-9-6-10-14-22)34(44)42-20-24(18-27(42)32(38)43)46-33-26-17-23(37)15-16-25(26)28(45-4)19-39-33/h5-17,19,24,27,31H,18,20H2,1-4H3,(H2,38,43)(H,40,41)/t24-,27+,31-/m1/s1. The predicted molar refractivity (Wildman–Crippen MR) is 187 cm³/mol. The number of primary amides is 1. The van der Waals surface area contributed by atoms with Gasteiger partial charge in [0.2, 0.25) is 17.7 Å². The van der Waals surface area contributed by atoms with Gasteiger partial charge in [-0.3, -0.25) is 9.59 Å². The Balaban J connectivity index is 1.30. The van der Waals surface area contributed by atoms with Gasteiger partial charge in [0.25, 0.3) is 0 Å². The van der Waals surface area contributed by atoms with Crippen molar-refractivity contribution in [2.24, 2.45) is 11.1 Å². The summed E-state index contributed by atoms with van der Waals surface area (Å²) >= 11 is 7.80. The highest BCUT2D eigenvalue weighted by molar-refractivity contribution is 7.19. The molecule has 3 atom stereocenters. The lowest BCUT2D eigenvalue weighted by molar-refractivity contribution is -0.139. The number of hydrogen-bond donors (Lipinski definition) is 2. The molecule has 3 aromatic carbocycles. The van der Waals surface area contributed by atoms with Gasteiger partial charge in [0.15, 0.2) is 5.13 Å². The summed E-state index contributed by atoms with van der Waals surface area (Å²) in [5, 5.41) is 6.01. The third-order valence-corrected chi connectivity index (χ3v) is 9.51. The largest absolute Gasteiger partial charge is 0.494 e. The summed E-state index contributed by atoms with van der Waals surface area (Å²) in [6.45, 7) is 6.09. The minimum Gasteiger partial charge on any atom is -0.494 e. The van der Waals surface area contributed by atoms with Crippen LogP contribution in [0.25, 0.3) is 32.5 Å². The number of fused-ring (bicyclic) bond motifs is 1. The van der Waals surface area contributed by atoms with Crippen LogP contribution in [0.3, 0.4) is 0 Å². The van der Waals surface area contributed by atoms with Crippen LogP contribution in [0.15, 0.2) is 85.1 Å². The molecule has 242 valence electrons. The third-order valence-electron chi connectivity index (χ3n) is 8.24. The molecule has 9 nitrogen and oxygen atoms in total. The number of pyridine rings is 1. The maximum atomic E-state index is 14.4. The SMILES string of the molecule is COc1cnc(O[C@@H]2C[C@@H](C(N)=O)N(C(=O)[C@@H](Nc3nc(-c4ccccc4)c(-c4ccccc4)s3)C(C)(C)C)C2)c2cc(Cl)ccc12. The van der Waals surface area contributed by atoms with Crippen molar-refractivity contribution in [2.45, 2.75) is 45.4 Å². The molecular weight excluding hydrogens is 634 g/mol. The Bertz CT molecular complexity index is 1850. The minimum absolute atomic E-state index is 0.152. The Morgan fingerprint density at radius 2 is 1.70 bits per heavy atom. The fourth-order valence-electron chi connectivity index (χ4n) is 5.87. The zero-order valence-electron chi connectivity index (χ0n) is 26.6. The zero-order chi connectivity index (χ0) is 33.3. The molecule has 0 bridgehead atoms. The lowest BCUT2D eigenvalue weighted by Crippen LogP contribution is -2.53. The van der Waals surface area contributed by atoms with E-state index in [-0.39, 0.29) is 18.9 Å². The van der Waals surface area contributed by atoms with E-state index in [1.54, 1.807) is 25.4 Å². The normalized spacial score (nSPS) is 17.0. The number of halogens is 1. The van der Waals surface area contributed by atoms with Gasteiger partial charge in [-0.1, -0.05) is 104 Å². The molecule has 0 unspecified atom stereocenters. The second-order valence-electron chi connectivity index (χ2n) is 12.6. The number of carbonyl (C=O) groups excluding carboxylic acids is 2. The molecule has 2 aromatic heterocycles. The second-order valence-corrected chi connectivity index (χ2v) is 14.0. The first-order chi connectivity index (χ1) is 22.5. The fourth-order valence-corrected chi connectivity index (χ4v) is 7.07. The summed E-state index contributed by atoms with van der Waals surface area (Å²) < 4.78 is 11.8. The maximum absolute atomic E-state index is 14.4. The maximum Gasteiger partial charge on any atom is 0.246 e. The summed E-state index contributed by atoms with van der Waals surface area (Å²) in [6, 6.07) is 23.8. The first-order valence-electron chi connectivity index (χ1n) is 15.3. The van der Waals surface area contributed by atoms with Crippen LogP contribution in [0.2, 0.25) is 5.02 Å². The number of benzene rings is 3. The molecule has 1 aliphatic heterocycles. The quantitative estimate of drug-likeness (QED) is 0.173. The van der Waals surface area contributed by atoms with Crippen LogP contribution in [-0.4, -0.2) is 58.5 Å². The molecule has 0 saturated carbocycles. The van der Waals surface area contributed by atoms with E-state index in [9.17, 15) is 9.59 Å². The van der Waals surface area contributed by atoms with Crippen molar-refractivity contribution in [2.75, 3.05) is 19.0 Å². The summed E-state index contributed by atoms with van der Waals surface area (Å²) in [6.07, 6.45) is 1.27. The number of nitrogens with one attached hydrogen (secondary N) is 1. The Labute approximate surface area is 282 Å². The number of aromatic nitrogens is 2. The predicted octanol–water partition coefficient (Wildman–Crippen LogP) is 7.05. The average Bonchev–Trinajstić information content (AvgIpc) is 3.69. The number of nitrogens with two attached hydrogens (primary N) is 1. The van der Waals surface area contributed by atoms with Crippen molar-refractivity contribution >= 4 is 50.7 Å². The van der Waals surface area contributed by atoms with E-state index in [2.05, 4.69) is 10.3 Å². The van der Waals surface area contributed by atoms with Gasteiger partial charge in [0.1, 0.15) is 23.9 Å². The first kappa shape index (κ1) is 32.3. The molecule has 5 aromatic rings. The number of carbonyl (C=O) groups is 2. The van der Waals surface area contributed by atoms with Gasteiger partial charge >= 0.3 is 0 Å². The number of anilines is 1. The highest BCUT2D eigenvalue weighted by Gasteiger charge is 2.45. The van der Waals surface area contributed by atoms with E-state index >= 15 is 0 Å². The van der Waals surface area contributed by atoms with E-state index in [0.717, 1.165) is 27.1 Å². The van der Waals surface area contributed by atoms with Crippen molar-refractivity contribution < 1.29 is 19.1 Å². The van der Waals surface area contributed by atoms with Crippen LogP contribution >= 0.6 is 22.9 Å². The lowest BCUT2D eigenvalue weighted by atomic mass is 9.85. The van der Waals surface area contributed by atoms with Gasteiger partial charge < -0.3 is 25.4 Å². The molecule has 11 heteroatoms. The number of rotatable bonds is 9. The summed E-state index contributed by atoms with van der Waals surface area (Å²) in [7, 11) is 1.57. The molecular formula is C36H36ClN5O4S. The number of amides is 2. The highest BCUT2D eigenvalue weighted by Crippen LogP contribution is 2.41. The molecule has 3 N–H and O–H groups in total. The molecule has 2 amide bonds. The van der Waals surface area contributed by atoms with Crippen LogP contribution in [0.5, 0.6) is 11.6 Å². The zero-order valence-corrected chi connectivity index (χ0v) is 28.1. The Kier molecular flexibility index (Phi) is 9.07. The van der Waals surface area contributed by atoms with Crippen molar-refractivity contribution in [1.29, 1.82) is 0 Å². The molecule has 1 fully saturated rings. The van der Waals surface area contributed by atoms with Gasteiger partial charge in [0.05, 0.1) is 30.4 Å². The third kappa shape index (κ3) is 6.75. The van der Waals surface area contributed by atoms with Crippen LogP contribution in [0.4, 0.5) is 5.13 Å². The molecule has 6 rings (SSSR count). The number of likely N-dealkylation sites (tertiary alicyclic amines) is 1. The van der Waals surface area contributed by atoms with Gasteiger partial charge in [0, 0.05) is 27.8 Å². The van der Waals surface area contributed by atoms with Crippen LogP contribution < -0.4 is 20.5 Å². The number of thiazole rings is 1. The second kappa shape index (κ2) is 13.2. The number of hydrogen-bond acceptors (Lipinski definition) is 8. The summed E-state index contributed by atoms with van der Waals surface area (Å²) in [5.74, 6) is 0.0516. The van der Waals surface area contributed by atoms with Crippen LogP contribution in [0.1, 0.15) is 27.2 Å². The van der Waals surface area contributed by atoms with E-state index < -0.39 is 29.5 Å². The smallest absolute Gasteiger partial charge is 0.246 e. The number of ether oxygens (including phenoxy) is 2. The fraction of sp³-hybridized carbons (Fsp3) is 0.278. The molecule has 0 spiro atoms. The topological polar surface area (TPSA) is 120 Å². The first-order valence-corrected chi connectivity index (χ1v) is 16.5. The Morgan fingerprint density at radius 3 is 2.34 bits per heavy atom. The molecule has 1 saturated heterocycles. The number of methoxy groups -OCH3 is 1. The van der Waals surface area contributed by atoms with Crippen molar-refractivity contribution in [3.8, 4) is 33.3 Å². The van der Waals surface area contributed by atoms with Gasteiger partial charge in [-0.25, -0.2) is 9.97 Å². The van der Waals surface area contributed by atoms with Crippen molar-refractivity contribution in [1.82, 2.24) is 14.9 Å². The van der Waals surface area contributed by atoms with Crippen LogP contribution in [-0.2, 0) is 9.59 Å². The van der Waals surface area contributed by atoms with E-state index in [0.29, 0.717) is 27.2 Å². The van der Waals surface area contributed by atoms with Crippen molar-refractivity contribution in [3.63, 3.8) is 0 Å². The summed E-state index contributed by atoms with van der Waals surface area (Å²) in [5.41, 5.74) is 8.16. The van der Waals surface area contributed by atoms with Gasteiger partial charge in [-0.2, -0.15) is 0 Å². The highest BCUT2D eigenvalue weighted by atomic mass is 35.5. The number of nitrogens with zero attached hydrogens (tertiary/aromatic N) is 3. The summed E-state index contributed by atoms with van der Waals surface area (Å²) in [4.78, 5) is 39.1. The van der Waals surface area contributed by atoms with Crippen molar-refractivity contribution in [3.05, 3.63) is 90.1 Å². The van der Waals surface area contributed by atoms with E-state index in [1.807, 2.05) is 87.5 Å². The molecule has 0 aliphatic carbocycles. The van der Waals surface area contributed by atoms with Gasteiger partial charge in [-0.15, -0.1) is 0 Å². The molecule has 47 heavy (non-hydrogen) atoms. The minimum atomic E-state index is -0.858. The molecule has 1 aliphatic rings. The lowest BCUT2D eigenvalue weighted by Gasteiger charge is -2.34. The Hall–Kier alpha value is -4.67. The Morgan fingerprint density at radius 1 is 1.02 bits per heavy atom. The van der Waals surface area contributed by atoms with E-state index in [4.69, 9.17) is 31.8 Å². The molecule has 0 radical (unpaired) electrons. The van der Waals surface area contributed by atoms with E-state index in [1.165, 1.54) is 16.2 Å².